The van der Waals surface area contributed by atoms with Gasteiger partial charge in [-0.15, -0.1) is 0 Å². The van der Waals surface area contributed by atoms with Crippen molar-refractivity contribution >= 4 is 35.4 Å². The Morgan fingerprint density at radius 1 is 1.35 bits per heavy atom. The van der Waals surface area contributed by atoms with Gasteiger partial charge in [0.25, 0.3) is 0 Å². The van der Waals surface area contributed by atoms with Gasteiger partial charge in [-0.1, -0.05) is 17.7 Å². The molecule has 0 aliphatic carbocycles. The molecule has 1 aromatic carbocycles. The van der Waals surface area contributed by atoms with Crippen LogP contribution in [0.2, 0.25) is 5.02 Å². The number of rotatable bonds is 5. The van der Waals surface area contributed by atoms with E-state index in [0.717, 1.165) is 0 Å². The molecule has 0 aliphatic rings. The van der Waals surface area contributed by atoms with Gasteiger partial charge in [0.05, 0.1) is 17.3 Å². The molecule has 9 heteroatoms. The lowest BCUT2D eigenvalue weighted by Crippen LogP contribution is -2.33. The molecule has 5 N–H and O–H groups in total. The first-order valence-electron chi connectivity index (χ1n) is 5.40. The minimum absolute atomic E-state index is 0.00682. The molecular weight excluding hydrogens is 290 g/mol. The molecule has 108 valence electrons. The number of amides is 3. The van der Waals surface area contributed by atoms with Crippen LogP contribution in [0.5, 0.6) is 0 Å². The number of benzene rings is 1. The van der Waals surface area contributed by atoms with Crippen molar-refractivity contribution in [3.63, 3.8) is 0 Å². The van der Waals surface area contributed by atoms with Crippen LogP contribution >= 0.6 is 11.6 Å². The average molecular weight is 302 g/mol. The second-order valence-electron chi connectivity index (χ2n) is 3.52. The number of nitrogens with one attached hydrogen (secondary N) is 2. The van der Waals surface area contributed by atoms with Crippen LogP contribution in [-0.2, 0) is 4.74 Å². The third kappa shape index (κ3) is 4.65. The number of carboxylic acid groups (broad SMARTS) is 1. The van der Waals surface area contributed by atoms with Gasteiger partial charge in [0, 0.05) is 0 Å². The lowest BCUT2D eigenvalue weighted by atomic mass is 10.2. The summed E-state index contributed by atoms with van der Waals surface area (Å²) in [5, 5.41) is 13.7. The van der Waals surface area contributed by atoms with Crippen LogP contribution in [0.4, 0.5) is 15.3 Å². The average Bonchev–Trinajstić information content (AvgIpc) is 2.34. The van der Waals surface area contributed by atoms with Crippen LogP contribution in [0, 0.1) is 0 Å². The Morgan fingerprint density at radius 2 is 2.05 bits per heavy atom. The highest BCUT2D eigenvalue weighted by Gasteiger charge is 2.15. The number of aromatic carboxylic acids is 1. The summed E-state index contributed by atoms with van der Waals surface area (Å²) in [6.45, 7) is -0.0676. The number of hydrogen-bond donors (Lipinski definition) is 4. The molecule has 0 bridgehead atoms. The molecular formula is C11H12ClN3O5. The number of nitrogens with two attached hydrogens (primary N) is 1. The smallest absolute Gasteiger partial charge is 0.404 e. The maximum Gasteiger partial charge on any atom is 0.404 e. The zero-order valence-corrected chi connectivity index (χ0v) is 10.9. The summed E-state index contributed by atoms with van der Waals surface area (Å²) < 4.78 is 4.40. The number of ether oxygens (including phenoxy) is 1. The zero-order chi connectivity index (χ0) is 15.1. The van der Waals surface area contributed by atoms with Crippen LogP contribution in [0.1, 0.15) is 10.4 Å². The second-order valence-corrected chi connectivity index (χ2v) is 3.92. The van der Waals surface area contributed by atoms with Gasteiger partial charge in [-0.25, -0.2) is 14.4 Å². The summed E-state index contributed by atoms with van der Waals surface area (Å²) in [6, 6.07) is 3.63. The predicted octanol–water partition coefficient (Wildman–Crippen LogP) is 1.25. The molecule has 3 amide bonds. The third-order valence-electron chi connectivity index (χ3n) is 2.11. The van der Waals surface area contributed by atoms with Crippen molar-refractivity contribution in [2.75, 3.05) is 18.5 Å². The number of carbonyl (C=O) groups excluding carboxylic acids is 2. The maximum atomic E-state index is 11.5. The molecule has 20 heavy (non-hydrogen) atoms. The van der Waals surface area contributed by atoms with Gasteiger partial charge in [-0.05, 0) is 12.1 Å². The highest BCUT2D eigenvalue weighted by molar-refractivity contribution is 6.34. The number of anilines is 1. The first kappa shape index (κ1) is 15.6. The molecule has 1 aromatic rings. The van der Waals surface area contributed by atoms with Crippen LogP contribution < -0.4 is 16.4 Å². The van der Waals surface area contributed by atoms with Crippen molar-refractivity contribution in [1.29, 1.82) is 0 Å². The van der Waals surface area contributed by atoms with E-state index >= 15 is 0 Å². The fourth-order valence-electron chi connectivity index (χ4n) is 1.33. The number of primary amides is 1. The summed E-state index contributed by atoms with van der Waals surface area (Å²) in [7, 11) is 0. The van der Waals surface area contributed by atoms with E-state index in [9.17, 15) is 14.4 Å². The highest BCUT2D eigenvalue weighted by Crippen LogP contribution is 2.24. The lowest BCUT2D eigenvalue weighted by Gasteiger charge is -2.10. The number of urea groups is 1. The summed E-state index contributed by atoms with van der Waals surface area (Å²) in [6.07, 6.45) is -0.949. The van der Waals surface area contributed by atoms with Crippen molar-refractivity contribution in [3.05, 3.63) is 28.8 Å². The Labute approximate surface area is 118 Å². The minimum atomic E-state index is -1.26. The summed E-state index contributed by atoms with van der Waals surface area (Å²) in [5.41, 5.74) is 4.58. The van der Waals surface area contributed by atoms with Gasteiger partial charge in [-0.2, -0.15) is 0 Å². The largest absolute Gasteiger partial charge is 0.478 e. The Morgan fingerprint density at radius 3 is 2.65 bits per heavy atom. The maximum absolute atomic E-state index is 11.5. The van der Waals surface area contributed by atoms with Crippen molar-refractivity contribution < 1.29 is 24.2 Å². The molecule has 0 saturated carbocycles. The summed E-state index contributed by atoms with van der Waals surface area (Å²) in [4.78, 5) is 32.8. The Kier molecular flexibility index (Phi) is 5.60. The van der Waals surface area contributed by atoms with Crippen molar-refractivity contribution in [3.8, 4) is 0 Å². The fourth-order valence-corrected chi connectivity index (χ4v) is 1.58. The normalized spacial score (nSPS) is 9.65. The molecule has 8 nitrogen and oxygen atoms in total. The predicted molar refractivity (Wildman–Crippen MR) is 71.0 cm³/mol. The third-order valence-corrected chi connectivity index (χ3v) is 2.42. The summed E-state index contributed by atoms with van der Waals surface area (Å²) in [5.74, 6) is -1.26. The van der Waals surface area contributed by atoms with E-state index in [1.807, 2.05) is 0 Å². The summed E-state index contributed by atoms with van der Waals surface area (Å²) >= 11 is 5.75. The minimum Gasteiger partial charge on any atom is -0.478 e. The number of hydrogen-bond acceptors (Lipinski definition) is 4. The second kappa shape index (κ2) is 7.19. The molecule has 0 fully saturated rings. The first-order valence-corrected chi connectivity index (χ1v) is 5.78. The Hall–Kier alpha value is -2.48. The van der Waals surface area contributed by atoms with Gasteiger partial charge in [0.15, 0.2) is 0 Å². The number of halogens is 1. The molecule has 0 saturated heterocycles. The van der Waals surface area contributed by atoms with E-state index in [-0.39, 0.29) is 29.4 Å². The molecule has 0 aromatic heterocycles. The Bertz CT molecular complexity index is 535. The van der Waals surface area contributed by atoms with E-state index in [2.05, 4.69) is 15.4 Å². The van der Waals surface area contributed by atoms with Crippen LogP contribution in [0.3, 0.4) is 0 Å². The molecule has 0 atom stereocenters. The van der Waals surface area contributed by atoms with Crippen LogP contribution in [-0.4, -0.2) is 36.4 Å². The number of carboxylic acids is 1. The van der Waals surface area contributed by atoms with Gasteiger partial charge in [-0.3, -0.25) is 0 Å². The van der Waals surface area contributed by atoms with Gasteiger partial charge in [0.1, 0.15) is 12.2 Å². The number of carbonyl (C=O) groups is 3. The van der Waals surface area contributed by atoms with Crippen LogP contribution in [0.25, 0.3) is 0 Å². The monoisotopic (exact) mass is 301 g/mol. The van der Waals surface area contributed by atoms with Gasteiger partial charge < -0.3 is 26.2 Å². The topological polar surface area (TPSA) is 131 Å². The first-order chi connectivity index (χ1) is 9.41. The highest BCUT2D eigenvalue weighted by atomic mass is 35.5. The van der Waals surface area contributed by atoms with Crippen molar-refractivity contribution in [1.82, 2.24) is 5.32 Å². The molecule has 0 aliphatic heterocycles. The van der Waals surface area contributed by atoms with Gasteiger partial charge >= 0.3 is 18.1 Å². The van der Waals surface area contributed by atoms with Gasteiger partial charge in [0.2, 0.25) is 0 Å². The standard InChI is InChI=1S/C11H12ClN3O5/c12-6-2-1-3-7(8(6)9(16)17)15-11(19)14-4-5-20-10(13)18/h1-3H,4-5H2,(H2,13,18)(H,16,17)(H2,14,15,19). The lowest BCUT2D eigenvalue weighted by molar-refractivity contribution is 0.0698. The molecule has 1 rings (SSSR count). The van der Waals surface area contributed by atoms with E-state index in [4.69, 9.17) is 22.4 Å². The zero-order valence-electron chi connectivity index (χ0n) is 10.2. The fraction of sp³-hybridized carbons (Fsp3) is 0.182. The van der Waals surface area contributed by atoms with E-state index < -0.39 is 18.1 Å². The molecule has 0 unspecified atom stereocenters. The van der Waals surface area contributed by atoms with E-state index in [1.165, 1.54) is 18.2 Å². The van der Waals surface area contributed by atoms with Crippen LogP contribution in [0.15, 0.2) is 18.2 Å². The molecule has 0 spiro atoms. The van der Waals surface area contributed by atoms with E-state index in [1.54, 1.807) is 0 Å². The van der Waals surface area contributed by atoms with Crippen molar-refractivity contribution in [2.24, 2.45) is 5.73 Å². The van der Waals surface area contributed by atoms with Crippen molar-refractivity contribution in [2.45, 2.75) is 0 Å². The SMILES string of the molecule is NC(=O)OCCNC(=O)Nc1cccc(Cl)c1C(=O)O. The quantitative estimate of drug-likeness (QED) is 0.608. The van der Waals surface area contributed by atoms with E-state index in [0.29, 0.717) is 0 Å². The molecule has 0 heterocycles. The molecule has 0 radical (unpaired) electrons. The Balaban J connectivity index is 2.60.